The number of nitrogens with two attached hydrogens (primary N) is 1. The lowest BCUT2D eigenvalue weighted by molar-refractivity contribution is -0.132. The lowest BCUT2D eigenvalue weighted by Crippen LogP contribution is -2.39. The van der Waals surface area contributed by atoms with Crippen LogP contribution in [0.2, 0.25) is 0 Å². The van der Waals surface area contributed by atoms with Crippen LogP contribution in [0, 0.1) is 0 Å². The van der Waals surface area contributed by atoms with Crippen LogP contribution in [0.4, 0.5) is 0 Å². The number of piperidine rings is 1. The number of carbonyl (C=O) groups excluding carboxylic acids is 1. The lowest BCUT2D eigenvalue weighted by atomic mass is 9.98. The number of nitrogens with zero attached hydrogens (tertiary/aromatic N) is 2. The monoisotopic (exact) mass is 323 g/mol. The fraction of sp³-hybridized carbons (Fsp3) is 0.765. The maximum absolute atomic E-state index is 12.4. The van der Waals surface area contributed by atoms with Crippen molar-refractivity contribution in [3.8, 4) is 0 Å². The van der Waals surface area contributed by atoms with Crippen molar-refractivity contribution in [2.24, 2.45) is 5.73 Å². The van der Waals surface area contributed by atoms with Gasteiger partial charge in [-0.25, -0.2) is 4.98 Å². The summed E-state index contributed by atoms with van der Waals surface area (Å²) in [4.78, 5) is 19.1. The van der Waals surface area contributed by atoms with E-state index in [4.69, 9.17) is 10.7 Å². The van der Waals surface area contributed by atoms with E-state index in [9.17, 15) is 4.79 Å². The predicted molar refractivity (Wildman–Crippen MR) is 92.2 cm³/mol. The molecule has 2 heterocycles. The smallest absolute Gasteiger partial charge is 0.222 e. The van der Waals surface area contributed by atoms with Gasteiger partial charge in [0.15, 0.2) is 0 Å². The van der Waals surface area contributed by atoms with Gasteiger partial charge in [-0.15, -0.1) is 11.3 Å². The maximum Gasteiger partial charge on any atom is 0.222 e. The van der Waals surface area contributed by atoms with E-state index in [2.05, 4.69) is 17.2 Å². The van der Waals surface area contributed by atoms with E-state index in [1.165, 1.54) is 10.7 Å². The zero-order valence-corrected chi connectivity index (χ0v) is 14.5. The van der Waals surface area contributed by atoms with E-state index in [0.29, 0.717) is 18.2 Å². The first-order valence-electron chi connectivity index (χ1n) is 8.66. The quantitative estimate of drug-likeness (QED) is 0.747. The minimum atomic E-state index is 0.324. The van der Waals surface area contributed by atoms with Crippen molar-refractivity contribution in [1.82, 2.24) is 9.88 Å². The molecule has 0 saturated carbocycles. The van der Waals surface area contributed by atoms with Crippen LogP contribution in [0.15, 0.2) is 5.38 Å². The summed E-state index contributed by atoms with van der Waals surface area (Å²) in [6.07, 6.45) is 8.28. The minimum Gasteiger partial charge on any atom is -0.342 e. The van der Waals surface area contributed by atoms with Crippen LogP contribution in [-0.4, -0.2) is 35.4 Å². The highest BCUT2D eigenvalue weighted by atomic mass is 32.1. The fourth-order valence-corrected chi connectivity index (χ4v) is 4.04. The van der Waals surface area contributed by atoms with Gasteiger partial charge in [-0.3, -0.25) is 4.79 Å². The molecular weight excluding hydrogens is 294 g/mol. The second-order valence-corrected chi connectivity index (χ2v) is 7.05. The van der Waals surface area contributed by atoms with E-state index >= 15 is 0 Å². The van der Waals surface area contributed by atoms with Crippen molar-refractivity contribution in [2.75, 3.05) is 19.6 Å². The lowest BCUT2D eigenvalue weighted by Gasteiger charge is -2.32. The van der Waals surface area contributed by atoms with Crippen molar-refractivity contribution in [1.29, 1.82) is 0 Å². The molecule has 2 N–H and O–H groups in total. The summed E-state index contributed by atoms with van der Waals surface area (Å²) < 4.78 is 0. The minimum absolute atomic E-state index is 0.324. The van der Waals surface area contributed by atoms with Crippen LogP contribution < -0.4 is 5.73 Å². The number of aryl methyl sites for hydroxylation is 1. The molecule has 1 atom stereocenters. The normalized spacial score (nSPS) is 18.6. The van der Waals surface area contributed by atoms with Gasteiger partial charge in [0.2, 0.25) is 5.91 Å². The van der Waals surface area contributed by atoms with Gasteiger partial charge in [0.05, 0.1) is 10.7 Å². The standard InChI is InChI=1S/C17H29N3OS/c1-2-15-13-22-17(19-15)14-8-7-11-20(12-14)16(21)9-5-3-4-6-10-18/h13-14H,2-12,18H2,1H3. The van der Waals surface area contributed by atoms with Gasteiger partial charge in [0.25, 0.3) is 0 Å². The van der Waals surface area contributed by atoms with Gasteiger partial charge < -0.3 is 10.6 Å². The molecule has 4 nitrogen and oxygen atoms in total. The summed E-state index contributed by atoms with van der Waals surface area (Å²) in [5.41, 5.74) is 6.67. The molecule has 0 aromatic carbocycles. The Balaban J connectivity index is 1.78. The second kappa shape index (κ2) is 9.26. The Hall–Kier alpha value is -0.940. The first-order valence-corrected chi connectivity index (χ1v) is 9.54. The van der Waals surface area contributed by atoms with E-state index in [-0.39, 0.29) is 0 Å². The SMILES string of the molecule is CCc1csc(C2CCCN(C(=O)CCCCCCN)C2)n1. The number of aromatic nitrogens is 1. The van der Waals surface area contributed by atoms with E-state index in [0.717, 1.165) is 64.6 Å². The van der Waals surface area contributed by atoms with Crippen LogP contribution in [0.3, 0.4) is 0 Å². The van der Waals surface area contributed by atoms with Gasteiger partial charge >= 0.3 is 0 Å². The third-order valence-corrected chi connectivity index (χ3v) is 5.46. The first kappa shape index (κ1) is 17.4. The Morgan fingerprint density at radius 1 is 1.41 bits per heavy atom. The molecule has 1 amide bonds. The molecule has 1 aliphatic rings. The number of carbonyl (C=O) groups is 1. The first-order chi connectivity index (χ1) is 10.7. The van der Waals surface area contributed by atoms with Crippen LogP contribution in [0.1, 0.15) is 68.5 Å². The van der Waals surface area contributed by atoms with E-state index in [1.807, 2.05) is 0 Å². The largest absolute Gasteiger partial charge is 0.342 e. The fourth-order valence-electron chi connectivity index (χ4n) is 3.01. The van der Waals surface area contributed by atoms with E-state index in [1.54, 1.807) is 11.3 Å². The topological polar surface area (TPSA) is 59.2 Å². The number of hydrogen-bond acceptors (Lipinski definition) is 4. The van der Waals surface area contributed by atoms with Gasteiger partial charge in [0.1, 0.15) is 0 Å². The second-order valence-electron chi connectivity index (χ2n) is 6.16. The zero-order chi connectivity index (χ0) is 15.8. The van der Waals surface area contributed by atoms with Gasteiger partial charge in [0, 0.05) is 30.8 Å². The Labute approximate surface area is 138 Å². The molecule has 0 aliphatic carbocycles. The average molecular weight is 324 g/mol. The molecule has 1 aromatic heterocycles. The number of rotatable bonds is 8. The molecular formula is C17H29N3OS. The Bertz CT molecular complexity index is 461. The highest BCUT2D eigenvalue weighted by Crippen LogP contribution is 2.29. The summed E-state index contributed by atoms with van der Waals surface area (Å²) >= 11 is 1.76. The number of hydrogen-bond donors (Lipinski definition) is 1. The number of likely N-dealkylation sites (tertiary alicyclic amines) is 1. The molecule has 1 aliphatic heterocycles. The van der Waals surface area contributed by atoms with Gasteiger partial charge in [-0.2, -0.15) is 0 Å². The molecule has 22 heavy (non-hydrogen) atoms. The number of unbranched alkanes of at least 4 members (excludes halogenated alkanes) is 3. The summed E-state index contributed by atoms with van der Waals surface area (Å²) in [5.74, 6) is 0.768. The van der Waals surface area contributed by atoms with Crippen molar-refractivity contribution in [3.63, 3.8) is 0 Å². The predicted octanol–water partition coefficient (Wildman–Crippen LogP) is 3.32. The molecule has 2 rings (SSSR count). The molecule has 1 unspecified atom stereocenters. The van der Waals surface area contributed by atoms with Gasteiger partial charge in [-0.05, 0) is 38.6 Å². The molecule has 5 heteroatoms. The van der Waals surface area contributed by atoms with Crippen molar-refractivity contribution in [3.05, 3.63) is 16.1 Å². The summed E-state index contributed by atoms with van der Waals surface area (Å²) in [7, 11) is 0. The van der Waals surface area contributed by atoms with Gasteiger partial charge in [-0.1, -0.05) is 19.8 Å². The number of amides is 1. The molecule has 1 fully saturated rings. The molecule has 124 valence electrons. The zero-order valence-electron chi connectivity index (χ0n) is 13.7. The van der Waals surface area contributed by atoms with Crippen LogP contribution in [-0.2, 0) is 11.2 Å². The molecule has 0 bridgehead atoms. The Kier molecular flexibility index (Phi) is 7.33. The van der Waals surface area contributed by atoms with Crippen molar-refractivity contribution >= 4 is 17.2 Å². The van der Waals surface area contributed by atoms with Crippen molar-refractivity contribution < 1.29 is 4.79 Å². The highest BCUT2D eigenvalue weighted by Gasteiger charge is 2.26. The highest BCUT2D eigenvalue weighted by molar-refractivity contribution is 7.09. The molecule has 0 radical (unpaired) electrons. The van der Waals surface area contributed by atoms with Crippen LogP contribution in [0.25, 0.3) is 0 Å². The molecule has 0 spiro atoms. The summed E-state index contributed by atoms with van der Waals surface area (Å²) in [6.45, 7) is 4.68. The number of thiazole rings is 1. The van der Waals surface area contributed by atoms with E-state index < -0.39 is 0 Å². The van der Waals surface area contributed by atoms with Crippen LogP contribution in [0.5, 0.6) is 0 Å². The third-order valence-electron chi connectivity index (χ3n) is 4.40. The van der Waals surface area contributed by atoms with Crippen LogP contribution >= 0.6 is 11.3 Å². The maximum atomic E-state index is 12.4. The molecule has 1 aromatic rings. The van der Waals surface area contributed by atoms with Crippen molar-refractivity contribution in [2.45, 2.75) is 64.2 Å². The Morgan fingerprint density at radius 3 is 2.95 bits per heavy atom. The average Bonchev–Trinajstić information content (AvgIpc) is 3.04. The summed E-state index contributed by atoms with van der Waals surface area (Å²) in [5, 5.41) is 3.38. The summed E-state index contributed by atoms with van der Waals surface area (Å²) in [6, 6.07) is 0. The Morgan fingerprint density at radius 2 is 2.23 bits per heavy atom. The molecule has 1 saturated heterocycles. The third kappa shape index (κ3) is 5.06.